The number of hydrogen-bond donors (Lipinski definition) is 2. The van der Waals surface area contributed by atoms with Gasteiger partial charge in [0.1, 0.15) is 10.9 Å². The topological polar surface area (TPSA) is 105 Å². The molecule has 1 aliphatic heterocycles. The molecule has 2 N–H and O–H groups in total. The maximum absolute atomic E-state index is 12.5. The second kappa shape index (κ2) is 11.2. The Labute approximate surface area is 204 Å². The number of rotatable bonds is 9. The molecule has 0 aliphatic carbocycles. The third-order valence-corrected chi connectivity index (χ3v) is 5.81. The standard InChI is InChI=1S/C22H19ClN2O6S2/c1-2-30-17-8-13(9-18-21(29)25(11-20(27)28)22(32)33-18)6-7-16(17)31-12-19(26)24-15-5-3-4-14(23)10-15/h3-10H,2,11-12H2,1H3,(H,24,26)(H,27,28). The molecule has 2 aromatic carbocycles. The normalized spacial score (nSPS) is 14.5. The number of nitrogens with one attached hydrogen (secondary N) is 1. The van der Waals surface area contributed by atoms with E-state index in [1.807, 2.05) is 0 Å². The fourth-order valence-electron chi connectivity index (χ4n) is 2.83. The lowest BCUT2D eigenvalue weighted by Gasteiger charge is -2.13. The number of carbonyl (C=O) groups excluding carboxylic acids is 2. The molecule has 0 saturated carbocycles. The molecule has 0 spiro atoms. The van der Waals surface area contributed by atoms with E-state index in [1.165, 1.54) is 0 Å². The second-order valence-corrected chi connectivity index (χ2v) is 8.76. The number of halogens is 1. The number of aliphatic carboxylic acids is 1. The summed E-state index contributed by atoms with van der Waals surface area (Å²) in [5.74, 6) is -1.24. The van der Waals surface area contributed by atoms with Crippen LogP contribution in [0.25, 0.3) is 6.08 Å². The van der Waals surface area contributed by atoms with Crippen molar-refractivity contribution in [3.05, 3.63) is 58.0 Å². The van der Waals surface area contributed by atoms with E-state index in [0.717, 1.165) is 16.7 Å². The average Bonchev–Trinajstić information content (AvgIpc) is 3.00. The minimum absolute atomic E-state index is 0.185. The van der Waals surface area contributed by atoms with Crippen LogP contribution in [0.3, 0.4) is 0 Å². The third kappa shape index (κ3) is 6.70. The van der Waals surface area contributed by atoms with Crippen molar-refractivity contribution in [2.24, 2.45) is 0 Å². The summed E-state index contributed by atoms with van der Waals surface area (Å²) in [5, 5.41) is 12.1. The zero-order chi connectivity index (χ0) is 24.0. The Kier molecular flexibility index (Phi) is 8.32. The number of thioether (sulfide) groups is 1. The first kappa shape index (κ1) is 24.6. The SMILES string of the molecule is CCOc1cc(C=C2SC(=S)N(CC(=O)O)C2=O)ccc1OCC(=O)Nc1cccc(Cl)c1. The molecule has 1 heterocycles. The molecule has 2 aromatic rings. The van der Waals surface area contributed by atoms with Gasteiger partial charge in [0.15, 0.2) is 18.1 Å². The highest BCUT2D eigenvalue weighted by Crippen LogP contribution is 2.34. The zero-order valence-corrected chi connectivity index (χ0v) is 19.8. The number of nitrogens with zero attached hydrogens (tertiary/aromatic N) is 1. The van der Waals surface area contributed by atoms with Crippen molar-refractivity contribution in [1.82, 2.24) is 4.90 Å². The molecule has 2 amide bonds. The summed E-state index contributed by atoms with van der Waals surface area (Å²) in [7, 11) is 0. The summed E-state index contributed by atoms with van der Waals surface area (Å²) in [6.45, 7) is 1.42. The maximum Gasteiger partial charge on any atom is 0.323 e. The molecule has 0 atom stereocenters. The van der Waals surface area contributed by atoms with Crippen molar-refractivity contribution >= 4 is 69.4 Å². The van der Waals surface area contributed by atoms with E-state index < -0.39 is 18.4 Å². The number of amides is 2. The number of ether oxygens (including phenoxy) is 2. The number of benzene rings is 2. The van der Waals surface area contributed by atoms with Crippen LogP contribution in [-0.4, -0.2) is 51.9 Å². The van der Waals surface area contributed by atoms with Crippen LogP contribution in [0, 0.1) is 0 Å². The van der Waals surface area contributed by atoms with E-state index in [4.69, 9.17) is 38.4 Å². The zero-order valence-electron chi connectivity index (χ0n) is 17.4. The fourth-order valence-corrected chi connectivity index (χ4v) is 4.28. The third-order valence-electron chi connectivity index (χ3n) is 4.20. The van der Waals surface area contributed by atoms with Crippen LogP contribution < -0.4 is 14.8 Å². The van der Waals surface area contributed by atoms with Gasteiger partial charge in [0.05, 0.1) is 11.5 Å². The Bertz CT molecular complexity index is 1140. The lowest BCUT2D eigenvalue weighted by molar-refractivity contribution is -0.140. The van der Waals surface area contributed by atoms with Crippen molar-refractivity contribution < 1.29 is 29.0 Å². The van der Waals surface area contributed by atoms with Crippen LogP contribution in [-0.2, 0) is 14.4 Å². The predicted octanol–water partition coefficient (Wildman–Crippen LogP) is 4.04. The van der Waals surface area contributed by atoms with E-state index >= 15 is 0 Å². The lowest BCUT2D eigenvalue weighted by Crippen LogP contribution is -2.33. The Morgan fingerprint density at radius 3 is 2.70 bits per heavy atom. The summed E-state index contributed by atoms with van der Waals surface area (Å²) < 4.78 is 11.4. The lowest BCUT2D eigenvalue weighted by atomic mass is 10.2. The van der Waals surface area contributed by atoms with E-state index in [2.05, 4.69) is 5.32 Å². The van der Waals surface area contributed by atoms with Gasteiger partial charge in [0, 0.05) is 10.7 Å². The minimum atomic E-state index is -1.15. The molecule has 1 fully saturated rings. The molecule has 1 aliphatic rings. The molecule has 3 rings (SSSR count). The summed E-state index contributed by atoms with van der Waals surface area (Å²) in [4.78, 5) is 37.0. The number of anilines is 1. The van der Waals surface area contributed by atoms with Crippen molar-refractivity contribution in [3.8, 4) is 11.5 Å². The Morgan fingerprint density at radius 2 is 2.00 bits per heavy atom. The van der Waals surface area contributed by atoms with Crippen LogP contribution in [0.2, 0.25) is 5.02 Å². The molecule has 11 heteroatoms. The van der Waals surface area contributed by atoms with E-state index in [-0.39, 0.29) is 16.8 Å². The minimum Gasteiger partial charge on any atom is -0.490 e. The first-order chi connectivity index (χ1) is 15.8. The van der Waals surface area contributed by atoms with Gasteiger partial charge >= 0.3 is 5.97 Å². The highest BCUT2D eigenvalue weighted by Gasteiger charge is 2.33. The highest BCUT2D eigenvalue weighted by molar-refractivity contribution is 8.26. The number of hydrogen-bond acceptors (Lipinski definition) is 7. The van der Waals surface area contributed by atoms with Gasteiger partial charge in [-0.2, -0.15) is 0 Å². The average molecular weight is 507 g/mol. The van der Waals surface area contributed by atoms with Gasteiger partial charge in [0.2, 0.25) is 0 Å². The molecule has 0 aromatic heterocycles. The number of carboxylic acid groups (broad SMARTS) is 1. The van der Waals surface area contributed by atoms with Gasteiger partial charge in [-0.15, -0.1) is 0 Å². The smallest absolute Gasteiger partial charge is 0.323 e. The van der Waals surface area contributed by atoms with Gasteiger partial charge in [-0.3, -0.25) is 19.3 Å². The predicted molar refractivity (Wildman–Crippen MR) is 131 cm³/mol. The monoisotopic (exact) mass is 506 g/mol. The molecule has 33 heavy (non-hydrogen) atoms. The van der Waals surface area contributed by atoms with Crippen LogP contribution in [0.4, 0.5) is 5.69 Å². The van der Waals surface area contributed by atoms with Crippen molar-refractivity contribution in [2.75, 3.05) is 25.1 Å². The number of thiocarbonyl (C=S) groups is 1. The van der Waals surface area contributed by atoms with Gasteiger partial charge in [-0.05, 0) is 48.9 Å². The quantitative estimate of drug-likeness (QED) is 0.388. The van der Waals surface area contributed by atoms with Gasteiger partial charge in [-0.1, -0.05) is 47.7 Å². The van der Waals surface area contributed by atoms with Gasteiger partial charge < -0.3 is 19.9 Å². The molecule has 0 unspecified atom stereocenters. The summed E-state index contributed by atoms with van der Waals surface area (Å²) in [6, 6.07) is 11.7. The molecule has 8 nitrogen and oxygen atoms in total. The first-order valence-electron chi connectivity index (χ1n) is 9.69. The van der Waals surface area contributed by atoms with E-state index in [1.54, 1.807) is 55.5 Å². The van der Waals surface area contributed by atoms with E-state index in [0.29, 0.717) is 39.3 Å². The van der Waals surface area contributed by atoms with Gasteiger partial charge in [0.25, 0.3) is 11.8 Å². The Balaban J connectivity index is 1.71. The van der Waals surface area contributed by atoms with Crippen molar-refractivity contribution in [3.63, 3.8) is 0 Å². The molecular formula is C22H19ClN2O6S2. The van der Waals surface area contributed by atoms with Crippen molar-refractivity contribution in [2.45, 2.75) is 6.92 Å². The largest absolute Gasteiger partial charge is 0.490 e. The maximum atomic E-state index is 12.5. The molecule has 0 radical (unpaired) electrons. The molecular weight excluding hydrogens is 488 g/mol. The Morgan fingerprint density at radius 1 is 1.21 bits per heavy atom. The molecule has 1 saturated heterocycles. The van der Waals surface area contributed by atoms with Crippen molar-refractivity contribution in [1.29, 1.82) is 0 Å². The summed E-state index contributed by atoms with van der Waals surface area (Å²) >= 11 is 12.1. The van der Waals surface area contributed by atoms with Crippen LogP contribution in [0.5, 0.6) is 11.5 Å². The first-order valence-corrected chi connectivity index (χ1v) is 11.3. The second-order valence-electron chi connectivity index (χ2n) is 6.65. The van der Waals surface area contributed by atoms with Crippen LogP contribution >= 0.6 is 35.6 Å². The van der Waals surface area contributed by atoms with Crippen LogP contribution in [0.1, 0.15) is 12.5 Å². The summed E-state index contributed by atoms with van der Waals surface area (Å²) in [6.07, 6.45) is 1.60. The molecule has 172 valence electrons. The van der Waals surface area contributed by atoms with Gasteiger partial charge in [-0.25, -0.2) is 0 Å². The number of carboxylic acids is 1. The fraction of sp³-hybridized carbons (Fsp3) is 0.182. The van der Waals surface area contributed by atoms with Crippen LogP contribution in [0.15, 0.2) is 47.4 Å². The van der Waals surface area contributed by atoms with E-state index in [9.17, 15) is 14.4 Å². The molecule has 0 bridgehead atoms. The Hall–Kier alpha value is -3.08. The number of carbonyl (C=O) groups is 3. The summed E-state index contributed by atoms with van der Waals surface area (Å²) in [5.41, 5.74) is 1.18. The highest BCUT2D eigenvalue weighted by atomic mass is 35.5.